The van der Waals surface area contributed by atoms with Gasteiger partial charge in [0.1, 0.15) is 23.9 Å². The summed E-state index contributed by atoms with van der Waals surface area (Å²) in [5, 5.41) is 19.9. The Labute approximate surface area is 177 Å². The molecule has 0 radical (unpaired) electrons. The lowest BCUT2D eigenvalue weighted by atomic mass is 10.1. The van der Waals surface area contributed by atoms with Gasteiger partial charge in [0.05, 0.1) is 41.6 Å². The molecule has 7 nitrogen and oxygen atoms in total. The summed E-state index contributed by atoms with van der Waals surface area (Å²) in [6.07, 6.45) is 5.07. The first-order valence-electron chi connectivity index (χ1n) is 9.64. The summed E-state index contributed by atoms with van der Waals surface area (Å²) in [5.41, 5.74) is 2.33. The van der Waals surface area contributed by atoms with E-state index in [0.717, 1.165) is 5.56 Å². The zero-order valence-corrected chi connectivity index (χ0v) is 16.5. The predicted molar refractivity (Wildman–Crippen MR) is 114 cm³/mol. The number of nitrogens with zero attached hydrogens (tertiary/aromatic N) is 1. The molecule has 0 aliphatic heterocycles. The van der Waals surface area contributed by atoms with Crippen LogP contribution in [-0.4, -0.2) is 34.4 Å². The molecule has 4 aromatic rings. The molecule has 0 aliphatic carbocycles. The molecular weight excluding hydrogens is 401 g/mol. The second-order valence-corrected chi connectivity index (χ2v) is 6.69. The van der Waals surface area contributed by atoms with Gasteiger partial charge in [-0.2, -0.15) is 5.10 Å². The fourth-order valence-corrected chi connectivity index (χ4v) is 3.13. The summed E-state index contributed by atoms with van der Waals surface area (Å²) >= 11 is 0. The van der Waals surface area contributed by atoms with E-state index >= 15 is 0 Å². The molecular formula is C23H20FN3O4. The highest BCUT2D eigenvalue weighted by atomic mass is 19.1. The summed E-state index contributed by atoms with van der Waals surface area (Å²) in [7, 11) is 0. The Bertz CT molecular complexity index is 1200. The molecule has 0 saturated carbocycles. The Kier molecular flexibility index (Phi) is 6.09. The molecule has 31 heavy (non-hydrogen) atoms. The van der Waals surface area contributed by atoms with E-state index < -0.39 is 0 Å². The van der Waals surface area contributed by atoms with Crippen LogP contribution < -0.4 is 10.1 Å². The van der Waals surface area contributed by atoms with Crippen LogP contribution in [0.15, 0.2) is 59.2 Å². The number of furan rings is 1. The summed E-state index contributed by atoms with van der Waals surface area (Å²) in [6, 6.07) is 12.9. The van der Waals surface area contributed by atoms with Crippen molar-refractivity contribution in [2.75, 3.05) is 13.2 Å². The molecule has 2 aromatic carbocycles. The zero-order valence-electron chi connectivity index (χ0n) is 16.5. The van der Waals surface area contributed by atoms with Crippen molar-refractivity contribution in [1.82, 2.24) is 15.5 Å². The molecule has 0 spiro atoms. The van der Waals surface area contributed by atoms with Gasteiger partial charge in [0.25, 0.3) is 5.91 Å². The number of carbonyl (C=O) groups is 1. The van der Waals surface area contributed by atoms with Crippen LogP contribution in [0.3, 0.4) is 0 Å². The normalized spacial score (nSPS) is 11.3. The molecule has 2 aromatic heterocycles. The van der Waals surface area contributed by atoms with Crippen LogP contribution in [0.25, 0.3) is 23.1 Å². The molecule has 0 atom stereocenters. The van der Waals surface area contributed by atoms with E-state index in [1.54, 1.807) is 48.6 Å². The quantitative estimate of drug-likeness (QED) is 0.402. The first-order chi connectivity index (χ1) is 15.2. The predicted octanol–water partition coefficient (Wildman–Crippen LogP) is 3.77. The number of aliphatic hydroxyl groups excluding tert-OH is 1. The van der Waals surface area contributed by atoms with Gasteiger partial charge >= 0.3 is 0 Å². The first-order valence-corrected chi connectivity index (χ1v) is 9.64. The van der Waals surface area contributed by atoms with Gasteiger partial charge in [-0.05, 0) is 48.0 Å². The average molecular weight is 421 g/mol. The third-order valence-corrected chi connectivity index (χ3v) is 4.60. The van der Waals surface area contributed by atoms with Gasteiger partial charge < -0.3 is 19.6 Å². The van der Waals surface area contributed by atoms with Gasteiger partial charge in [0.2, 0.25) is 0 Å². The van der Waals surface area contributed by atoms with E-state index in [9.17, 15) is 14.3 Å². The third-order valence-electron chi connectivity index (χ3n) is 4.60. The lowest BCUT2D eigenvalue weighted by Crippen LogP contribution is -2.23. The Balaban J connectivity index is 1.68. The maximum Gasteiger partial charge on any atom is 0.255 e. The van der Waals surface area contributed by atoms with Crippen molar-refractivity contribution in [3.63, 3.8) is 0 Å². The van der Waals surface area contributed by atoms with E-state index in [1.807, 2.05) is 0 Å². The van der Waals surface area contributed by atoms with Crippen molar-refractivity contribution in [2.24, 2.45) is 0 Å². The number of benzene rings is 2. The fourth-order valence-electron chi connectivity index (χ4n) is 3.13. The van der Waals surface area contributed by atoms with Crippen molar-refractivity contribution in [3.8, 4) is 5.75 Å². The van der Waals surface area contributed by atoms with Crippen molar-refractivity contribution in [3.05, 3.63) is 83.2 Å². The minimum atomic E-state index is -0.346. The summed E-state index contributed by atoms with van der Waals surface area (Å²) in [6.45, 7) is 0.0400. The summed E-state index contributed by atoms with van der Waals surface area (Å²) in [4.78, 5) is 12.8. The molecule has 1 amide bonds. The number of carbonyl (C=O) groups excluding carboxylic acids is 1. The smallest absolute Gasteiger partial charge is 0.255 e. The lowest BCUT2D eigenvalue weighted by molar-refractivity contribution is 0.0942. The van der Waals surface area contributed by atoms with Crippen LogP contribution >= 0.6 is 0 Å². The number of halogens is 1. The summed E-state index contributed by atoms with van der Waals surface area (Å²) in [5.74, 6) is 0.280. The highest BCUT2D eigenvalue weighted by molar-refractivity contribution is 6.05. The van der Waals surface area contributed by atoms with Gasteiger partial charge in [0, 0.05) is 0 Å². The second-order valence-electron chi connectivity index (χ2n) is 6.69. The highest BCUT2D eigenvalue weighted by Crippen LogP contribution is 2.32. The average Bonchev–Trinajstić information content (AvgIpc) is 3.45. The van der Waals surface area contributed by atoms with E-state index in [-0.39, 0.29) is 31.5 Å². The Morgan fingerprint density at radius 3 is 2.77 bits per heavy atom. The first kappa shape index (κ1) is 20.4. The molecule has 0 unspecified atom stereocenters. The molecule has 4 rings (SSSR count). The number of hydrogen-bond acceptors (Lipinski definition) is 5. The maximum absolute atomic E-state index is 13.1. The highest BCUT2D eigenvalue weighted by Gasteiger charge is 2.19. The molecule has 158 valence electrons. The number of aliphatic hydroxyl groups is 1. The minimum Gasteiger partial charge on any atom is -0.490 e. The van der Waals surface area contributed by atoms with E-state index in [1.165, 1.54) is 18.4 Å². The molecule has 0 fully saturated rings. The monoisotopic (exact) mass is 421 g/mol. The van der Waals surface area contributed by atoms with Gasteiger partial charge in [-0.25, -0.2) is 4.39 Å². The molecule has 2 heterocycles. The summed E-state index contributed by atoms with van der Waals surface area (Å²) < 4.78 is 24.1. The maximum atomic E-state index is 13.1. The Hall–Kier alpha value is -3.91. The number of H-pyrrole nitrogens is 1. The van der Waals surface area contributed by atoms with Crippen molar-refractivity contribution >= 4 is 29.0 Å². The molecule has 0 bridgehead atoms. The number of aromatic nitrogens is 2. The number of hydrogen-bond donors (Lipinski definition) is 3. The SMILES string of the molecule is O=C(NCc1ccco1)c1ccc2[nH]nc(C=Cc3ccc(F)cc3)c2c1OCCO. The van der Waals surface area contributed by atoms with E-state index in [4.69, 9.17) is 9.15 Å². The van der Waals surface area contributed by atoms with Crippen LogP contribution in [0.1, 0.15) is 27.4 Å². The van der Waals surface area contributed by atoms with Crippen LogP contribution in [0.2, 0.25) is 0 Å². The topological polar surface area (TPSA) is 100 Å². The number of fused-ring (bicyclic) bond motifs is 1. The third kappa shape index (κ3) is 4.65. The number of ether oxygens (including phenoxy) is 1. The second kappa shape index (κ2) is 9.27. The van der Waals surface area contributed by atoms with E-state index in [0.29, 0.717) is 33.7 Å². The lowest BCUT2D eigenvalue weighted by Gasteiger charge is -2.12. The Morgan fingerprint density at radius 2 is 2.03 bits per heavy atom. The van der Waals surface area contributed by atoms with Gasteiger partial charge in [-0.15, -0.1) is 0 Å². The molecule has 3 N–H and O–H groups in total. The molecule has 0 aliphatic rings. The Morgan fingerprint density at radius 1 is 1.19 bits per heavy atom. The number of amides is 1. The van der Waals surface area contributed by atoms with Crippen LogP contribution in [-0.2, 0) is 6.54 Å². The van der Waals surface area contributed by atoms with Crippen molar-refractivity contribution < 1.29 is 23.4 Å². The van der Waals surface area contributed by atoms with E-state index in [2.05, 4.69) is 15.5 Å². The minimum absolute atomic E-state index is 0.0177. The number of nitrogens with one attached hydrogen (secondary N) is 2. The van der Waals surface area contributed by atoms with Crippen LogP contribution in [0, 0.1) is 5.82 Å². The van der Waals surface area contributed by atoms with Gasteiger partial charge in [-0.3, -0.25) is 9.89 Å². The van der Waals surface area contributed by atoms with Crippen molar-refractivity contribution in [2.45, 2.75) is 6.54 Å². The fraction of sp³-hybridized carbons (Fsp3) is 0.130. The number of rotatable bonds is 8. The molecule has 0 saturated heterocycles. The standard InChI is InChI=1S/C23H20FN3O4/c24-16-6-3-15(4-7-16)5-9-19-21-20(27-26-19)10-8-18(22(21)31-13-11-28)23(29)25-14-17-2-1-12-30-17/h1-10,12,28H,11,13-14H2,(H,25,29)(H,26,27). The molecule has 8 heteroatoms. The van der Waals surface area contributed by atoms with Crippen molar-refractivity contribution in [1.29, 1.82) is 0 Å². The largest absolute Gasteiger partial charge is 0.490 e. The van der Waals surface area contributed by atoms with Crippen LogP contribution in [0.5, 0.6) is 5.75 Å². The van der Waals surface area contributed by atoms with Gasteiger partial charge in [-0.1, -0.05) is 18.2 Å². The van der Waals surface area contributed by atoms with Crippen LogP contribution in [0.4, 0.5) is 4.39 Å². The number of aromatic amines is 1. The zero-order chi connectivity index (χ0) is 21.6. The van der Waals surface area contributed by atoms with Gasteiger partial charge in [0.15, 0.2) is 0 Å².